The van der Waals surface area contributed by atoms with Gasteiger partial charge in [0.25, 0.3) is 0 Å². The number of nitrogens with one attached hydrogen (secondary N) is 1. The Morgan fingerprint density at radius 2 is 1.76 bits per heavy atom. The van der Waals surface area contributed by atoms with E-state index < -0.39 is 10.0 Å². The van der Waals surface area contributed by atoms with E-state index in [9.17, 15) is 13.2 Å². The average molecular weight is 363 g/mol. The van der Waals surface area contributed by atoms with Gasteiger partial charge in [-0.3, -0.25) is 9.78 Å². The van der Waals surface area contributed by atoms with Crippen molar-refractivity contribution in [3.63, 3.8) is 0 Å². The van der Waals surface area contributed by atoms with Crippen LogP contribution < -0.4 is 10.1 Å². The van der Waals surface area contributed by atoms with Gasteiger partial charge in [0.2, 0.25) is 15.9 Å². The summed E-state index contributed by atoms with van der Waals surface area (Å²) in [5.41, 5.74) is 1.66. The molecule has 0 aliphatic carbocycles. The number of carbonyl (C=O) groups is 1. The van der Waals surface area contributed by atoms with Crippen LogP contribution in [0, 0.1) is 0 Å². The molecule has 0 saturated heterocycles. The molecule has 0 saturated carbocycles. The summed E-state index contributed by atoms with van der Waals surface area (Å²) in [4.78, 5) is 16.0. The highest BCUT2D eigenvalue weighted by molar-refractivity contribution is 7.88. The van der Waals surface area contributed by atoms with Crippen molar-refractivity contribution in [3.05, 3.63) is 59.9 Å². The minimum Gasteiger partial charge on any atom is -0.497 e. The Morgan fingerprint density at radius 3 is 2.32 bits per heavy atom. The standard InChI is InChI=1S/C17H21N3O4S/c1-24-16-5-3-14(4-6-16)11-19-17(21)13-20(25(2,22)23)12-15-7-9-18-10-8-15/h3-10H,11-13H2,1-2H3,(H,19,21). The van der Waals surface area contributed by atoms with Gasteiger partial charge in [-0.1, -0.05) is 12.1 Å². The van der Waals surface area contributed by atoms with E-state index in [0.717, 1.165) is 27.4 Å². The Morgan fingerprint density at radius 1 is 1.12 bits per heavy atom. The maximum absolute atomic E-state index is 12.1. The summed E-state index contributed by atoms with van der Waals surface area (Å²) in [5, 5.41) is 2.73. The van der Waals surface area contributed by atoms with Gasteiger partial charge >= 0.3 is 0 Å². The van der Waals surface area contributed by atoms with Crippen molar-refractivity contribution in [2.45, 2.75) is 13.1 Å². The molecule has 0 atom stereocenters. The first kappa shape index (κ1) is 18.9. The Kier molecular flexibility index (Phi) is 6.49. The number of amides is 1. The van der Waals surface area contributed by atoms with Crippen LogP contribution in [-0.4, -0.2) is 43.5 Å². The van der Waals surface area contributed by atoms with Crippen molar-refractivity contribution in [2.24, 2.45) is 0 Å². The maximum atomic E-state index is 12.1. The lowest BCUT2D eigenvalue weighted by molar-refractivity contribution is -0.121. The number of rotatable bonds is 8. The third kappa shape index (κ3) is 6.17. The van der Waals surface area contributed by atoms with Gasteiger partial charge in [0, 0.05) is 25.5 Å². The molecule has 0 bridgehead atoms. The molecular formula is C17H21N3O4S. The van der Waals surface area contributed by atoms with Gasteiger partial charge in [-0.25, -0.2) is 8.42 Å². The second-order valence-electron chi connectivity index (χ2n) is 5.51. The average Bonchev–Trinajstić information content (AvgIpc) is 2.60. The fourth-order valence-corrected chi connectivity index (χ4v) is 2.88. The van der Waals surface area contributed by atoms with Crippen molar-refractivity contribution < 1.29 is 17.9 Å². The van der Waals surface area contributed by atoms with Gasteiger partial charge in [-0.05, 0) is 35.4 Å². The van der Waals surface area contributed by atoms with E-state index in [1.807, 2.05) is 12.1 Å². The van der Waals surface area contributed by atoms with Crippen LogP contribution in [-0.2, 0) is 27.9 Å². The lowest BCUT2D eigenvalue weighted by atomic mass is 10.2. The van der Waals surface area contributed by atoms with Crippen LogP contribution in [0.4, 0.5) is 0 Å². The van der Waals surface area contributed by atoms with Crippen LogP contribution in [0.25, 0.3) is 0 Å². The zero-order valence-electron chi connectivity index (χ0n) is 14.2. The molecule has 25 heavy (non-hydrogen) atoms. The number of methoxy groups -OCH3 is 1. The van der Waals surface area contributed by atoms with Crippen molar-refractivity contribution in [3.8, 4) is 5.75 Å². The summed E-state index contributed by atoms with van der Waals surface area (Å²) in [6.45, 7) is 0.199. The van der Waals surface area contributed by atoms with Gasteiger partial charge in [-0.15, -0.1) is 0 Å². The van der Waals surface area contributed by atoms with Crippen LogP contribution in [0.3, 0.4) is 0 Å². The van der Waals surface area contributed by atoms with Gasteiger partial charge < -0.3 is 10.1 Å². The Balaban J connectivity index is 1.94. The highest BCUT2D eigenvalue weighted by atomic mass is 32.2. The molecule has 2 aromatic rings. The van der Waals surface area contributed by atoms with Crippen LogP contribution in [0.1, 0.15) is 11.1 Å². The topological polar surface area (TPSA) is 88.6 Å². The number of carbonyl (C=O) groups excluding carboxylic acids is 1. The van der Waals surface area contributed by atoms with Gasteiger partial charge in [0.1, 0.15) is 5.75 Å². The molecule has 0 fully saturated rings. The number of sulfonamides is 1. The van der Waals surface area contributed by atoms with Crippen LogP contribution >= 0.6 is 0 Å². The van der Waals surface area contributed by atoms with E-state index in [-0.39, 0.29) is 19.0 Å². The zero-order chi connectivity index (χ0) is 18.3. The summed E-state index contributed by atoms with van der Waals surface area (Å²) in [6.07, 6.45) is 4.25. The molecule has 8 heteroatoms. The number of hydrogen-bond donors (Lipinski definition) is 1. The zero-order valence-corrected chi connectivity index (χ0v) is 15.0. The molecule has 2 rings (SSSR count). The Bertz CT molecular complexity index is 792. The van der Waals surface area contributed by atoms with Crippen molar-refractivity contribution in [1.82, 2.24) is 14.6 Å². The van der Waals surface area contributed by atoms with E-state index in [4.69, 9.17) is 4.74 Å². The molecule has 1 N–H and O–H groups in total. The van der Waals surface area contributed by atoms with E-state index in [0.29, 0.717) is 6.54 Å². The summed E-state index contributed by atoms with van der Waals surface area (Å²) < 4.78 is 30.1. The third-order valence-electron chi connectivity index (χ3n) is 3.55. The second kappa shape index (κ2) is 8.59. The van der Waals surface area contributed by atoms with Crippen molar-refractivity contribution in [2.75, 3.05) is 19.9 Å². The number of hydrogen-bond acceptors (Lipinski definition) is 5. The SMILES string of the molecule is COc1ccc(CNC(=O)CN(Cc2ccncc2)S(C)(=O)=O)cc1. The first-order valence-electron chi connectivity index (χ1n) is 7.62. The Labute approximate surface area is 147 Å². The number of aromatic nitrogens is 1. The molecule has 1 heterocycles. The highest BCUT2D eigenvalue weighted by Gasteiger charge is 2.20. The first-order valence-corrected chi connectivity index (χ1v) is 9.47. The van der Waals surface area contributed by atoms with Crippen LogP contribution in [0.2, 0.25) is 0 Å². The first-order chi connectivity index (χ1) is 11.9. The molecule has 0 aliphatic heterocycles. The molecule has 1 aromatic carbocycles. The molecule has 0 aliphatic rings. The normalized spacial score (nSPS) is 11.3. The van der Waals surface area contributed by atoms with Gasteiger partial charge in [-0.2, -0.15) is 4.31 Å². The van der Waals surface area contributed by atoms with E-state index >= 15 is 0 Å². The molecule has 0 radical (unpaired) electrons. The van der Waals surface area contributed by atoms with Crippen LogP contribution in [0.5, 0.6) is 5.75 Å². The van der Waals surface area contributed by atoms with Gasteiger partial charge in [0.15, 0.2) is 0 Å². The van der Waals surface area contributed by atoms with Crippen LogP contribution in [0.15, 0.2) is 48.8 Å². The largest absolute Gasteiger partial charge is 0.497 e. The molecule has 0 unspecified atom stereocenters. The Hall–Kier alpha value is -2.45. The summed E-state index contributed by atoms with van der Waals surface area (Å²) >= 11 is 0. The number of benzene rings is 1. The van der Waals surface area contributed by atoms with Gasteiger partial charge in [0.05, 0.1) is 19.9 Å². The molecule has 1 amide bonds. The predicted octanol–water partition coefficient (Wildman–Crippen LogP) is 1.17. The number of pyridine rings is 1. The lowest BCUT2D eigenvalue weighted by Gasteiger charge is -2.19. The quantitative estimate of drug-likeness (QED) is 0.760. The molecule has 7 nitrogen and oxygen atoms in total. The monoisotopic (exact) mass is 363 g/mol. The minimum atomic E-state index is -3.51. The molecule has 0 spiro atoms. The minimum absolute atomic E-state index is 0.122. The lowest BCUT2D eigenvalue weighted by Crippen LogP contribution is -2.39. The predicted molar refractivity (Wildman–Crippen MR) is 94.3 cm³/mol. The van der Waals surface area contributed by atoms with Crippen molar-refractivity contribution in [1.29, 1.82) is 0 Å². The number of nitrogens with zero attached hydrogens (tertiary/aromatic N) is 2. The fourth-order valence-electron chi connectivity index (χ4n) is 2.14. The smallest absolute Gasteiger partial charge is 0.235 e. The molecule has 1 aromatic heterocycles. The van der Waals surface area contributed by atoms with E-state index in [1.165, 1.54) is 0 Å². The summed E-state index contributed by atoms with van der Waals surface area (Å²) in [5.74, 6) is 0.367. The number of ether oxygens (including phenoxy) is 1. The highest BCUT2D eigenvalue weighted by Crippen LogP contribution is 2.11. The van der Waals surface area contributed by atoms with E-state index in [2.05, 4.69) is 10.3 Å². The fraction of sp³-hybridized carbons (Fsp3) is 0.294. The summed E-state index contributed by atoms with van der Waals surface area (Å²) in [6, 6.07) is 10.7. The van der Waals surface area contributed by atoms with E-state index in [1.54, 1.807) is 43.8 Å². The molecule has 134 valence electrons. The molecular weight excluding hydrogens is 342 g/mol. The summed E-state index contributed by atoms with van der Waals surface area (Å²) in [7, 11) is -1.93. The third-order valence-corrected chi connectivity index (χ3v) is 4.74. The van der Waals surface area contributed by atoms with Crippen molar-refractivity contribution >= 4 is 15.9 Å². The maximum Gasteiger partial charge on any atom is 0.235 e. The second-order valence-corrected chi connectivity index (χ2v) is 7.49.